The minimum absolute atomic E-state index is 0.271. The van der Waals surface area contributed by atoms with Crippen molar-refractivity contribution in [2.24, 2.45) is 5.73 Å². The van der Waals surface area contributed by atoms with Crippen molar-refractivity contribution < 1.29 is 4.74 Å². The average Bonchev–Trinajstić information content (AvgIpc) is 2.53. The van der Waals surface area contributed by atoms with Gasteiger partial charge in [-0.1, -0.05) is 0 Å². The van der Waals surface area contributed by atoms with E-state index < -0.39 is 0 Å². The smallest absolute Gasteiger partial charge is 0.131 e. The van der Waals surface area contributed by atoms with Crippen LogP contribution in [0.1, 0.15) is 24.5 Å². The number of nitrogens with zero attached hydrogens (tertiary/aromatic N) is 2. The molecule has 94 valence electrons. The average molecular weight is 235 g/mol. The summed E-state index contributed by atoms with van der Waals surface area (Å²) >= 11 is 0. The molecule has 2 rings (SSSR count). The van der Waals surface area contributed by atoms with Crippen LogP contribution in [0.2, 0.25) is 0 Å². The first-order chi connectivity index (χ1) is 8.20. The van der Waals surface area contributed by atoms with Crippen molar-refractivity contribution in [2.75, 3.05) is 24.6 Å². The summed E-state index contributed by atoms with van der Waals surface area (Å²) in [5.74, 6) is 1.07. The summed E-state index contributed by atoms with van der Waals surface area (Å²) in [6.07, 6.45) is 3.20. The number of hydrogen-bond acceptors (Lipinski definition) is 4. The molecule has 1 atom stereocenters. The summed E-state index contributed by atoms with van der Waals surface area (Å²) in [5, 5.41) is 0. The fourth-order valence-corrected chi connectivity index (χ4v) is 2.26. The largest absolute Gasteiger partial charge is 0.377 e. The van der Waals surface area contributed by atoms with Crippen LogP contribution < -0.4 is 10.6 Å². The third-order valence-corrected chi connectivity index (χ3v) is 3.09. The Morgan fingerprint density at radius 3 is 3.12 bits per heavy atom. The number of ether oxygens (including phenoxy) is 1. The van der Waals surface area contributed by atoms with Crippen molar-refractivity contribution in [1.29, 1.82) is 0 Å². The van der Waals surface area contributed by atoms with Crippen LogP contribution in [0.5, 0.6) is 0 Å². The first-order valence-corrected chi connectivity index (χ1v) is 6.23. The highest BCUT2D eigenvalue weighted by molar-refractivity contribution is 5.47. The Hall–Kier alpha value is -1.13. The van der Waals surface area contributed by atoms with Gasteiger partial charge in [-0.15, -0.1) is 0 Å². The van der Waals surface area contributed by atoms with Crippen LogP contribution in [-0.4, -0.2) is 30.8 Å². The molecular formula is C13H21N3O. The number of hydrogen-bond donors (Lipinski definition) is 1. The standard InChI is InChI=1S/C13H21N3O/c1-10-6-12(7-14)8-15-13(10)16-4-3-5-17-11(2)9-16/h6,8,11H,3-5,7,9,14H2,1-2H3. The molecule has 1 aliphatic rings. The van der Waals surface area contributed by atoms with Gasteiger partial charge in [-0.2, -0.15) is 0 Å². The highest BCUT2D eigenvalue weighted by Crippen LogP contribution is 2.20. The minimum atomic E-state index is 0.271. The lowest BCUT2D eigenvalue weighted by Crippen LogP contribution is -2.31. The number of pyridine rings is 1. The van der Waals surface area contributed by atoms with Gasteiger partial charge in [0.2, 0.25) is 0 Å². The van der Waals surface area contributed by atoms with Crippen LogP contribution in [0.15, 0.2) is 12.3 Å². The SMILES string of the molecule is Cc1cc(CN)cnc1N1CCCOC(C)C1. The van der Waals surface area contributed by atoms with Gasteiger partial charge in [-0.25, -0.2) is 4.98 Å². The van der Waals surface area contributed by atoms with Gasteiger partial charge in [0.05, 0.1) is 6.10 Å². The predicted molar refractivity (Wildman–Crippen MR) is 69.1 cm³/mol. The third kappa shape index (κ3) is 2.96. The molecule has 1 aliphatic heterocycles. The molecule has 1 aromatic heterocycles. The maximum atomic E-state index is 5.65. The second-order valence-electron chi connectivity index (χ2n) is 4.67. The van der Waals surface area contributed by atoms with E-state index in [1.807, 2.05) is 6.20 Å². The van der Waals surface area contributed by atoms with Crippen molar-refractivity contribution in [3.8, 4) is 0 Å². The molecule has 0 saturated carbocycles. The minimum Gasteiger partial charge on any atom is -0.377 e. The molecule has 1 fully saturated rings. The molecule has 0 amide bonds. The molecule has 4 heteroatoms. The van der Waals surface area contributed by atoms with Crippen LogP contribution in [0.25, 0.3) is 0 Å². The summed E-state index contributed by atoms with van der Waals surface area (Å²) in [4.78, 5) is 6.85. The summed E-state index contributed by atoms with van der Waals surface area (Å²) < 4.78 is 5.65. The van der Waals surface area contributed by atoms with Crippen LogP contribution >= 0.6 is 0 Å². The van der Waals surface area contributed by atoms with Crippen molar-refractivity contribution >= 4 is 5.82 Å². The van der Waals surface area contributed by atoms with Crippen molar-refractivity contribution in [1.82, 2.24) is 4.98 Å². The molecule has 2 heterocycles. The maximum absolute atomic E-state index is 5.65. The van der Waals surface area contributed by atoms with E-state index in [1.165, 1.54) is 5.56 Å². The molecule has 4 nitrogen and oxygen atoms in total. The van der Waals surface area contributed by atoms with Gasteiger partial charge in [-0.3, -0.25) is 0 Å². The van der Waals surface area contributed by atoms with E-state index in [9.17, 15) is 0 Å². The van der Waals surface area contributed by atoms with E-state index in [1.54, 1.807) is 0 Å². The summed E-state index contributed by atoms with van der Waals surface area (Å²) in [6.45, 7) is 7.53. The second kappa shape index (κ2) is 5.47. The molecule has 1 unspecified atom stereocenters. The first kappa shape index (κ1) is 12.3. The Morgan fingerprint density at radius 2 is 2.41 bits per heavy atom. The Bertz CT molecular complexity index is 381. The second-order valence-corrected chi connectivity index (χ2v) is 4.67. The Kier molecular flexibility index (Phi) is 3.97. The van der Waals surface area contributed by atoms with Crippen LogP contribution in [0, 0.1) is 6.92 Å². The molecule has 2 N–H and O–H groups in total. The van der Waals surface area contributed by atoms with Gasteiger partial charge in [-0.05, 0) is 37.5 Å². The molecule has 0 aromatic carbocycles. The molecule has 17 heavy (non-hydrogen) atoms. The predicted octanol–water partition coefficient (Wildman–Crippen LogP) is 1.46. The van der Waals surface area contributed by atoms with Gasteiger partial charge in [0.15, 0.2) is 0 Å². The van der Waals surface area contributed by atoms with Crippen molar-refractivity contribution in [3.05, 3.63) is 23.4 Å². The number of aromatic nitrogens is 1. The van der Waals surface area contributed by atoms with Gasteiger partial charge in [0, 0.05) is 32.4 Å². The van der Waals surface area contributed by atoms with E-state index in [0.717, 1.165) is 37.5 Å². The highest BCUT2D eigenvalue weighted by atomic mass is 16.5. The fourth-order valence-electron chi connectivity index (χ4n) is 2.26. The number of nitrogens with two attached hydrogens (primary N) is 1. The Balaban J connectivity index is 2.20. The molecular weight excluding hydrogens is 214 g/mol. The maximum Gasteiger partial charge on any atom is 0.131 e. The van der Waals surface area contributed by atoms with Gasteiger partial charge in [0.25, 0.3) is 0 Å². The van der Waals surface area contributed by atoms with E-state index >= 15 is 0 Å². The lowest BCUT2D eigenvalue weighted by molar-refractivity contribution is 0.0820. The van der Waals surface area contributed by atoms with E-state index in [4.69, 9.17) is 10.5 Å². The van der Waals surface area contributed by atoms with Crippen molar-refractivity contribution in [2.45, 2.75) is 32.9 Å². The third-order valence-electron chi connectivity index (χ3n) is 3.09. The summed E-state index contributed by atoms with van der Waals surface area (Å²) in [6, 6.07) is 2.12. The zero-order valence-corrected chi connectivity index (χ0v) is 10.6. The molecule has 0 aliphatic carbocycles. The zero-order valence-electron chi connectivity index (χ0n) is 10.6. The summed E-state index contributed by atoms with van der Waals surface area (Å²) in [7, 11) is 0. The number of aryl methyl sites for hydroxylation is 1. The fraction of sp³-hybridized carbons (Fsp3) is 0.615. The molecule has 1 aromatic rings. The molecule has 1 saturated heterocycles. The lowest BCUT2D eigenvalue weighted by Gasteiger charge is -2.25. The quantitative estimate of drug-likeness (QED) is 0.843. The number of anilines is 1. The Morgan fingerprint density at radius 1 is 1.59 bits per heavy atom. The highest BCUT2D eigenvalue weighted by Gasteiger charge is 2.17. The summed E-state index contributed by atoms with van der Waals surface area (Å²) in [5.41, 5.74) is 7.91. The molecule has 0 bridgehead atoms. The normalized spacial score (nSPS) is 21.4. The van der Waals surface area contributed by atoms with Gasteiger partial charge < -0.3 is 15.4 Å². The molecule has 0 radical (unpaired) electrons. The lowest BCUT2D eigenvalue weighted by atomic mass is 10.2. The number of rotatable bonds is 2. The van der Waals surface area contributed by atoms with Crippen LogP contribution in [0.4, 0.5) is 5.82 Å². The van der Waals surface area contributed by atoms with E-state index in [2.05, 4.69) is 29.8 Å². The first-order valence-electron chi connectivity index (χ1n) is 6.23. The topological polar surface area (TPSA) is 51.4 Å². The van der Waals surface area contributed by atoms with E-state index in [0.29, 0.717) is 6.54 Å². The van der Waals surface area contributed by atoms with Gasteiger partial charge >= 0.3 is 0 Å². The molecule has 0 spiro atoms. The van der Waals surface area contributed by atoms with Gasteiger partial charge in [0.1, 0.15) is 5.82 Å². The van der Waals surface area contributed by atoms with Crippen molar-refractivity contribution in [3.63, 3.8) is 0 Å². The van der Waals surface area contributed by atoms with Crippen LogP contribution in [0.3, 0.4) is 0 Å². The van der Waals surface area contributed by atoms with Crippen LogP contribution in [-0.2, 0) is 11.3 Å². The zero-order chi connectivity index (χ0) is 12.3. The monoisotopic (exact) mass is 235 g/mol. The van der Waals surface area contributed by atoms with E-state index in [-0.39, 0.29) is 6.10 Å². The Labute approximate surface area is 103 Å².